The maximum atomic E-state index is 12.3. The quantitative estimate of drug-likeness (QED) is 0.544. The first-order chi connectivity index (χ1) is 10.0. The van der Waals surface area contributed by atoms with Gasteiger partial charge in [0.2, 0.25) is 0 Å². The summed E-state index contributed by atoms with van der Waals surface area (Å²) in [5.41, 5.74) is 9.02. The van der Waals surface area contributed by atoms with Gasteiger partial charge in [0.1, 0.15) is 5.75 Å². The van der Waals surface area contributed by atoms with Gasteiger partial charge in [0.25, 0.3) is 5.91 Å². The van der Waals surface area contributed by atoms with E-state index in [-0.39, 0.29) is 11.7 Å². The molecule has 0 radical (unpaired) electrons. The second-order valence-corrected chi connectivity index (χ2v) is 4.96. The lowest BCUT2D eigenvalue weighted by Gasteiger charge is -2.06. The SMILES string of the molecule is Cc1ccc(NC(=O)c2c[nH]c3ccc(N)cc23)cc1O. The molecule has 1 amide bonds. The molecule has 1 heterocycles. The fourth-order valence-electron chi connectivity index (χ4n) is 2.21. The number of rotatable bonds is 2. The molecule has 106 valence electrons. The van der Waals surface area contributed by atoms with Crippen LogP contribution >= 0.6 is 0 Å². The summed E-state index contributed by atoms with van der Waals surface area (Å²) in [6, 6.07) is 10.4. The largest absolute Gasteiger partial charge is 0.508 e. The zero-order valence-corrected chi connectivity index (χ0v) is 11.5. The van der Waals surface area contributed by atoms with E-state index in [1.807, 2.05) is 6.07 Å². The number of phenolic OH excluding ortho intramolecular Hbond substituents is 1. The minimum atomic E-state index is -0.255. The predicted octanol–water partition coefficient (Wildman–Crippen LogP) is 3.02. The van der Waals surface area contributed by atoms with Crippen LogP contribution in [-0.4, -0.2) is 16.0 Å². The number of nitrogens with two attached hydrogens (primary N) is 1. The van der Waals surface area contributed by atoms with Gasteiger partial charge < -0.3 is 21.1 Å². The summed E-state index contributed by atoms with van der Waals surface area (Å²) in [7, 11) is 0. The highest BCUT2D eigenvalue weighted by atomic mass is 16.3. The zero-order chi connectivity index (χ0) is 15.0. The number of aromatic hydroxyl groups is 1. The van der Waals surface area contributed by atoms with Gasteiger partial charge >= 0.3 is 0 Å². The van der Waals surface area contributed by atoms with Gasteiger partial charge in [-0.05, 0) is 36.8 Å². The molecule has 21 heavy (non-hydrogen) atoms. The molecule has 5 heteroatoms. The van der Waals surface area contributed by atoms with Crippen molar-refractivity contribution in [3.63, 3.8) is 0 Å². The average Bonchev–Trinajstić information content (AvgIpc) is 2.86. The Morgan fingerprint density at radius 2 is 2.05 bits per heavy atom. The van der Waals surface area contributed by atoms with Crippen LogP contribution in [0.4, 0.5) is 11.4 Å². The highest BCUT2D eigenvalue weighted by Crippen LogP contribution is 2.24. The van der Waals surface area contributed by atoms with E-state index >= 15 is 0 Å². The molecule has 0 aliphatic carbocycles. The van der Waals surface area contributed by atoms with Crippen LogP contribution in [0.5, 0.6) is 5.75 Å². The average molecular weight is 281 g/mol. The van der Waals surface area contributed by atoms with Gasteiger partial charge in [-0.2, -0.15) is 0 Å². The summed E-state index contributed by atoms with van der Waals surface area (Å²) in [6.45, 7) is 1.80. The summed E-state index contributed by atoms with van der Waals surface area (Å²) in [5.74, 6) is -0.105. The van der Waals surface area contributed by atoms with Crippen LogP contribution in [0.1, 0.15) is 15.9 Å². The minimum Gasteiger partial charge on any atom is -0.508 e. The Morgan fingerprint density at radius 3 is 2.81 bits per heavy atom. The first kappa shape index (κ1) is 13.1. The molecule has 0 fully saturated rings. The fraction of sp³-hybridized carbons (Fsp3) is 0.0625. The second kappa shape index (κ2) is 4.86. The van der Waals surface area contributed by atoms with Crippen LogP contribution in [0.15, 0.2) is 42.6 Å². The molecule has 3 aromatic rings. The van der Waals surface area contributed by atoms with Gasteiger partial charge in [-0.25, -0.2) is 0 Å². The van der Waals surface area contributed by atoms with Crippen molar-refractivity contribution in [1.82, 2.24) is 4.98 Å². The third kappa shape index (κ3) is 2.41. The van der Waals surface area contributed by atoms with Crippen molar-refractivity contribution in [2.75, 3.05) is 11.1 Å². The Hall–Kier alpha value is -2.95. The lowest BCUT2D eigenvalue weighted by Crippen LogP contribution is -2.11. The summed E-state index contributed by atoms with van der Waals surface area (Å²) in [5, 5.41) is 13.2. The van der Waals surface area contributed by atoms with Gasteiger partial charge in [-0.15, -0.1) is 0 Å². The van der Waals surface area contributed by atoms with Crippen LogP contribution in [0.3, 0.4) is 0 Å². The molecule has 0 bridgehead atoms. The van der Waals surface area contributed by atoms with E-state index in [2.05, 4.69) is 10.3 Å². The van der Waals surface area contributed by atoms with Crippen LogP contribution < -0.4 is 11.1 Å². The Labute approximate surface area is 121 Å². The first-order valence-corrected chi connectivity index (χ1v) is 6.52. The number of aromatic amines is 1. The molecule has 0 spiro atoms. The van der Waals surface area contributed by atoms with Crippen LogP contribution in [0.25, 0.3) is 10.9 Å². The molecular formula is C16H15N3O2. The molecule has 0 aliphatic rings. The number of carbonyl (C=O) groups excluding carboxylic acids is 1. The maximum Gasteiger partial charge on any atom is 0.257 e. The van der Waals surface area contributed by atoms with E-state index in [9.17, 15) is 9.90 Å². The second-order valence-electron chi connectivity index (χ2n) is 4.96. The number of carbonyl (C=O) groups is 1. The number of fused-ring (bicyclic) bond motifs is 1. The third-order valence-electron chi connectivity index (χ3n) is 3.42. The van der Waals surface area contributed by atoms with Crippen molar-refractivity contribution in [2.24, 2.45) is 0 Å². The Bertz CT molecular complexity index is 837. The smallest absolute Gasteiger partial charge is 0.257 e. The summed E-state index contributed by atoms with van der Waals surface area (Å²) in [6.07, 6.45) is 1.65. The molecule has 3 rings (SSSR count). The topological polar surface area (TPSA) is 91.1 Å². The number of phenols is 1. The van der Waals surface area contributed by atoms with E-state index < -0.39 is 0 Å². The lowest BCUT2D eigenvalue weighted by atomic mass is 10.1. The van der Waals surface area contributed by atoms with Crippen molar-refractivity contribution in [3.05, 3.63) is 53.7 Å². The number of hydrogen-bond donors (Lipinski definition) is 4. The standard InChI is InChI=1S/C16H15N3O2/c1-9-2-4-11(7-15(9)20)19-16(21)13-8-18-14-5-3-10(17)6-12(13)14/h2-8,18,20H,17H2,1H3,(H,19,21). The zero-order valence-electron chi connectivity index (χ0n) is 11.5. The number of H-pyrrole nitrogens is 1. The summed E-state index contributed by atoms with van der Waals surface area (Å²) >= 11 is 0. The number of nitrogen functional groups attached to an aromatic ring is 1. The van der Waals surface area contributed by atoms with Crippen LogP contribution in [-0.2, 0) is 0 Å². The van der Waals surface area contributed by atoms with Gasteiger partial charge in [0.05, 0.1) is 5.56 Å². The predicted molar refractivity (Wildman–Crippen MR) is 83.5 cm³/mol. The molecule has 0 atom stereocenters. The number of anilines is 2. The van der Waals surface area contributed by atoms with Crippen molar-refractivity contribution in [2.45, 2.75) is 6.92 Å². The molecule has 0 saturated carbocycles. The van der Waals surface area contributed by atoms with E-state index in [0.29, 0.717) is 16.9 Å². The third-order valence-corrected chi connectivity index (χ3v) is 3.42. The Balaban J connectivity index is 1.93. The molecular weight excluding hydrogens is 266 g/mol. The van der Waals surface area contributed by atoms with Gasteiger partial charge in [0, 0.05) is 34.5 Å². The number of aromatic nitrogens is 1. The fourth-order valence-corrected chi connectivity index (χ4v) is 2.21. The monoisotopic (exact) mass is 281 g/mol. The van der Waals surface area contributed by atoms with Crippen molar-refractivity contribution < 1.29 is 9.90 Å². The number of hydrogen-bond acceptors (Lipinski definition) is 3. The van der Waals surface area contributed by atoms with Crippen molar-refractivity contribution >= 4 is 28.2 Å². The number of nitrogens with one attached hydrogen (secondary N) is 2. The highest BCUT2D eigenvalue weighted by molar-refractivity contribution is 6.13. The lowest BCUT2D eigenvalue weighted by molar-refractivity contribution is 0.102. The molecule has 1 aromatic heterocycles. The van der Waals surface area contributed by atoms with Crippen molar-refractivity contribution in [1.29, 1.82) is 0 Å². The highest BCUT2D eigenvalue weighted by Gasteiger charge is 2.13. The number of benzene rings is 2. The van der Waals surface area contributed by atoms with Crippen LogP contribution in [0, 0.1) is 6.92 Å². The minimum absolute atomic E-state index is 0.149. The maximum absolute atomic E-state index is 12.3. The Morgan fingerprint density at radius 1 is 1.24 bits per heavy atom. The first-order valence-electron chi connectivity index (χ1n) is 6.52. The van der Waals surface area contributed by atoms with Gasteiger partial charge in [-0.1, -0.05) is 6.07 Å². The van der Waals surface area contributed by atoms with E-state index in [1.54, 1.807) is 37.4 Å². The molecule has 0 aliphatic heterocycles. The molecule has 2 aromatic carbocycles. The number of aryl methyl sites for hydroxylation is 1. The van der Waals surface area contributed by atoms with E-state index in [1.165, 1.54) is 6.07 Å². The molecule has 0 saturated heterocycles. The van der Waals surface area contributed by atoms with E-state index in [4.69, 9.17) is 5.73 Å². The van der Waals surface area contributed by atoms with Gasteiger partial charge in [0.15, 0.2) is 0 Å². The molecule has 5 N–H and O–H groups in total. The molecule has 5 nitrogen and oxygen atoms in total. The summed E-state index contributed by atoms with van der Waals surface area (Å²) in [4.78, 5) is 15.4. The normalized spacial score (nSPS) is 10.7. The van der Waals surface area contributed by atoms with Gasteiger partial charge in [-0.3, -0.25) is 4.79 Å². The summed E-state index contributed by atoms with van der Waals surface area (Å²) < 4.78 is 0. The molecule has 0 unspecified atom stereocenters. The number of amides is 1. The van der Waals surface area contributed by atoms with E-state index in [0.717, 1.165) is 16.5 Å². The van der Waals surface area contributed by atoms with Crippen molar-refractivity contribution in [3.8, 4) is 5.75 Å². The van der Waals surface area contributed by atoms with Crippen LogP contribution in [0.2, 0.25) is 0 Å². The Kier molecular flexibility index (Phi) is 3.02.